The molecule has 0 radical (unpaired) electrons. The van der Waals surface area contributed by atoms with Crippen LogP contribution in [-0.4, -0.2) is 35.1 Å². The van der Waals surface area contributed by atoms with E-state index in [1.807, 2.05) is 13.8 Å². The van der Waals surface area contributed by atoms with Gasteiger partial charge in [0.1, 0.15) is 23.0 Å². The number of carbonyl (C=O) groups excluding carboxylic acids is 3. The molecule has 0 aromatic carbocycles. The van der Waals surface area contributed by atoms with Gasteiger partial charge in [-0.3, -0.25) is 4.79 Å². The molecule has 6 nitrogen and oxygen atoms in total. The number of amides is 1. The lowest BCUT2D eigenvalue weighted by molar-refractivity contribution is -0.157. The fraction of sp³-hybridized carbons (Fsp3) is 0.857. The Bertz CT molecular complexity index is 488. The van der Waals surface area contributed by atoms with E-state index in [4.69, 9.17) is 9.47 Å². The van der Waals surface area contributed by atoms with Crippen LogP contribution in [0.1, 0.15) is 93.9 Å². The zero-order chi connectivity index (χ0) is 21.3. The molecule has 158 valence electrons. The van der Waals surface area contributed by atoms with Crippen molar-refractivity contribution in [2.75, 3.05) is 0 Å². The van der Waals surface area contributed by atoms with Gasteiger partial charge in [0.15, 0.2) is 0 Å². The van der Waals surface area contributed by atoms with Gasteiger partial charge < -0.3 is 14.8 Å². The van der Waals surface area contributed by atoms with Crippen molar-refractivity contribution in [3.63, 3.8) is 0 Å². The van der Waals surface area contributed by atoms with Gasteiger partial charge in [-0.1, -0.05) is 26.7 Å². The van der Waals surface area contributed by atoms with E-state index >= 15 is 0 Å². The quantitative estimate of drug-likeness (QED) is 0.432. The average molecular weight is 386 g/mol. The van der Waals surface area contributed by atoms with Gasteiger partial charge in [0.2, 0.25) is 0 Å². The summed E-state index contributed by atoms with van der Waals surface area (Å²) in [5, 5.41) is 2.62. The van der Waals surface area contributed by atoms with Crippen LogP contribution in [0.5, 0.6) is 0 Å². The maximum absolute atomic E-state index is 12.4. The van der Waals surface area contributed by atoms with E-state index in [9.17, 15) is 14.4 Å². The Morgan fingerprint density at radius 2 is 1.44 bits per heavy atom. The van der Waals surface area contributed by atoms with Crippen LogP contribution in [0.25, 0.3) is 0 Å². The van der Waals surface area contributed by atoms with Gasteiger partial charge in [-0.05, 0) is 60.8 Å². The summed E-state index contributed by atoms with van der Waals surface area (Å²) >= 11 is 0. The minimum atomic E-state index is -0.760. The number of carbonyl (C=O) groups is 3. The lowest BCUT2D eigenvalue weighted by atomic mass is 9.98. The van der Waals surface area contributed by atoms with Crippen LogP contribution < -0.4 is 5.32 Å². The monoisotopic (exact) mass is 385 g/mol. The summed E-state index contributed by atoms with van der Waals surface area (Å²) in [5.74, 6) is -0.0783. The zero-order valence-electron chi connectivity index (χ0n) is 18.4. The smallest absolute Gasteiger partial charge is 0.408 e. The molecule has 0 aliphatic rings. The highest BCUT2D eigenvalue weighted by molar-refractivity contribution is 5.81. The first kappa shape index (κ1) is 25.4. The summed E-state index contributed by atoms with van der Waals surface area (Å²) in [7, 11) is 0. The number of ether oxygens (including phenoxy) is 2. The molecule has 0 fully saturated rings. The molecule has 0 aromatic rings. The molecule has 0 saturated carbocycles. The third kappa shape index (κ3) is 13.3. The van der Waals surface area contributed by atoms with Crippen molar-refractivity contribution in [2.24, 2.45) is 5.92 Å². The van der Waals surface area contributed by atoms with Crippen molar-refractivity contribution in [2.45, 2.75) is 111 Å². The zero-order valence-corrected chi connectivity index (χ0v) is 18.4. The Morgan fingerprint density at radius 3 is 1.93 bits per heavy atom. The molecule has 0 aliphatic carbocycles. The number of alkyl carbamates (subject to hydrolysis) is 1. The van der Waals surface area contributed by atoms with Gasteiger partial charge in [-0.2, -0.15) is 0 Å². The molecule has 6 heteroatoms. The maximum atomic E-state index is 12.4. The van der Waals surface area contributed by atoms with Gasteiger partial charge in [0.25, 0.3) is 0 Å². The van der Waals surface area contributed by atoms with E-state index in [1.165, 1.54) is 0 Å². The number of hydrogen-bond donors (Lipinski definition) is 1. The van der Waals surface area contributed by atoms with E-state index in [-0.39, 0.29) is 11.7 Å². The molecule has 1 N–H and O–H groups in total. The van der Waals surface area contributed by atoms with Crippen LogP contribution in [0, 0.1) is 5.92 Å². The predicted octanol–water partition coefficient (Wildman–Crippen LogP) is 4.79. The Morgan fingerprint density at radius 1 is 0.889 bits per heavy atom. The second-order valence-electron chi connectivity index (χ2n) is 9.11. The van der Waals surface area contributed by atoms with Crippen LogP contribution in [-0.2, 0) is 19.1 Å². The van der Waals surface area contributed by atoms with Crippen LogP contribution in [0.2, 0.25) is 0 Å². The van der Waals surface area contributed by atoms with E-state index in [0.29, 0.717) is 19.3 Å². The second-order valence-corrected chi connectivity index (χ2v) is 9.11. The molecule has 2 atom stereocenters. The molecule has 0 spiro atoms. The number of Topliss-reactive ketones (excluding diaryl/α,β-unsaturated/α-hetero) is 1. The first-order valence-electron chi connectivity index (χ1n) is 10.00. The molecule has 1 amide bonds. The number of rotatable bonds is 10. The molecule has 0 saturated heterocycles. The van der Waals surface area contributed by atoms with Crippen molar-refractivity contribution in [1.29, 1.82) is 0 Å². The van der Waals surface area contributed by atoms with E-state index < -0.39 is 29.3 Å². The molecule has 0 rings (SSSR count). The maximum Gasteiger partial charge on any atom is 0.408 e. The molecule has 27 heavy (non-hydrogen) atoms. The summed E-state index contributed by atoms with van der Waals surface area (Å²) in [4.78, 5) is 36.3. The molecule has 0 aromatic heterocycles. The molecular formula is C21H39NO5. The standard InChI is InChI=1S/C21H39NO5/c1-9-15(2)17(23)14-12-10-11-13-16(18(24)26-20(3,4)5)22-19(25)27-21(6,7)8/h15-16H,9-14H2,1-8H3,(H,22,25)/t15?,16-/m0/s1. The number of esters is 1. The highest BCUT2D eigenvalue weighted by Crippen LogP contribution is 2.15. The van der Waals surface area contributed by atoms with Gasteiger partial charge in [0, 0.05) is 12.3 Å². The summed E-state index contributed by atoms with van der Waals surface area (Å²) < 4.78 is 10.7. The van der Waals surface area contributed by atoms with E-state index in [1.54, 1.807) is 41.5 Å². The third-order valence-corrected chi connectivity index (χ3v) is 3.96. The number of unbranched alkanes of at least 4 members (excludes halogenated alkanes) is 2. The van der Waals surface area contributed by atoms with Gasteiger partial charge in [-0.15, -0.1) is 0 Å². The van der Waals surface area contributed by atoms with E-state index in [2.05, 4.69) is 5.32 Å². The van der Waals surface area contributed by atoms with Gasteiger partial charge in [-0.25, -0.2) is 9.59 Å². The molecular weight excluding hydrogens is 346 g/mol. The van der Waals surface area contributed by atoms with Crippen molar-refractivity contribution in [3.8, 4) is 0 Å². The summed E-state index contributed by atoms with van der Waals surface area (Å²) in [6.45, 7) is 14.6. The highest BCUT2D eigenvalue weighted by atomic mass is 16.6. The minimum Gasteiger partial charge on any atom is -0.458 e. The number of ketones is 1. The van der Waals surface area contributed by atoms with Crippen molar-refractivity contribution in [3.05, 3.63) is 0 Å². The van der Waals surface area contributed by atoms with Crippen LogP contribution in [0.4, 0.5) is 4.79 Å². The van der Waals surface area contributed by atoms with Crippen molar-refractivity contribution >= 4 is 17.8 Å². The van der Waals surface area contributed by atoms with Crippen molar-refractivity contribution < 1.29 is 23.9 Å². The second kappa shape index (κ2) is 11.3. The topological polar surface area (TPSA) is 81.7 Å². The largest absolute Gasteiger partial charge is 0.458 e. The minimum absolute atomic E-state index is 0.105. The predicted molar refractivity (Wildman–Crippen MR) is 107 cm³/mol. The first-order valence-corrected chi connectivity index (χ1v) is 10.00. The summed E-state index contributed by atoms with van der Waals surface area (Å²) in [6, 6.07) is -0.760. The van der Waals surface area contributed by atoms with Gasteiger partial charge in [0.05, 0.1) is 0 Å². The SMILES string of the molecule is CCC(C)C(=O)CCCCC[C@H](NC(=O)OC(C)(C)C)C(=O)OC(C)(C)C. The average Bonchev–Trinajstić information content (AvgIpc) is 2.48. The Kier molecular flexibility index (Phi) is 10.6. The third-order valence-electron chi connectivity index (χ3n) is 3.96. The lowest BCUT2D eigenvalue weighted by Crippen LogP contribution is -2.46. The number of hydrogen-bond acceptors (Lipinski definition) is 5. The Hall–Kier alpha value is -1.59. The Labute approximate surface area is 164 Å². The molecule has 1 unspecified atom stereocenters. The number of nitrogens with one attached hydrogen (secondary N) is 1. The highest BCUT2D eigenvalue weighted by Gasteiger charge is 2.28. The lowest BCUT2D eigenvalue weighted by Gasteiger charge is -2.26. The summed E-state index contributed by atoms with van der Waals surface area (Å²) in [6.07, 6.45) is 3.56. The van der Waals surface area contributed by atoms with Crippen LogP contribution in [0.3, 0.4) is 0 Å². The molecule has 0 heterocycles. The Balaban J connectivity index is 4.60. The molecule has 0 bridgehead atoms. The first-order chi connectivity index (χ1) is 12.2. The summed E-state index contributed by atoms with van der Waals surface area (Å²) in [5.41, 5.74) is -1.27. The van der Waals surface area contributed by atoms with Crippen molar-refractivity contribution in [1.82, 2.24) is 5.32 Å². The van der Waals surface area contributed by atoms with Crippen LogP contribution >= 0.6 is 0 Å². The fourth-order valence-electron chi connectivity index (χ4n) is 2.37. The van der Waals surface area contributed by atoms with E-state index in [0.717, 1.165) is 19.3 Å². The van der Waals surface area contributed by atoms with Gasteiger partial charge >= 0.3 is 12.1 Å². The van der Waals surface area contributed by atoms with Crippen LogP contribution in [0.15, 0.2) is 0 Å². The molecule has 0 aliphatic heterocycles. The fourth-order valence-corrected chi connectivity index (χ4v) is 2.37. The normalized spacial score (nSPS) is 14.2.